The van der Waals surface area contributed by atoms with E-state index in [1.54, 1.807) is 10.7 Å². The third kappa shape index (κ3) is 6.26. The Kier molecular flexibility index (Phi) is 7.68. The number of nitrogens with zero attached hydrogens (tertiary/aromatic N) is 2. The molecule has 1 saturated heterocycles. The minimum Gasteiger partial charge on any atom is -0.491 e. The number of aryl methyl sites for hydroxylation is 2. The molecule has 4 rings (SSSR count). The average Bonchev–Trinajstić information content (AvgIpc) is 3.41. The lowest BCUT2D eigenvalue weighted by Crippen LogP contribution is -2.23. The molecular weight excluding hydrogens is 478 g/mol. The number of ether oxygens (including phenoxy) is 2. The fraction of sp³-hybridized carbons (Fsp3) is 0.407. The maximum Gasteiger partial charge on any atom is 0.263 e. The van der Waals surface area contributed by atoms with Crippen molar-refractivity contribution in [1.29, 1.82) is 0 Å². The van der Waals surface area contributed by atoms with E-state index in [0.29, 0.717) is 23.7 Å². The molecule has 1 unspecified atom stereocenters. The van der Waals surface area contributed by atoms with Crippen LogP contribution in [0, 0.1) is 6.92 Å². The number of nitrogens with one attached hydrogen (secondary N) is 1. The van der Waals surface area contributed by atoms with E-state index < -0.39 is 9.84 Å². The largest absolute Gasteiger partial charge is 0.491 e. The molecule has 1 amide bonds. The Morgan fingerprint density at radius 1 is 1.17 bits per heavy atom. The number of anilines is 1. The molecule has 8 nitrogen and oxygen atoms in total. The predicted molar refractivity (Wildman–Crippen MR) is 140 cm³/mol. The van der Waals surface area contributed by atoms with Gasteiger partial charge in [0.15, 0.2) is 16.4 Å². The summed E-state index contributed by atoms with van der Waals surface area (Å²) in [5, 5.41) is 7.57. The topological polar surface area (TPSA) is 99.5 Å². The highest BCUT2D eigenvalue weighted by Gasteiger charge is 2.32. The number of amides is 1. The summed E-state index contributed by atoms with van der Waals surface area (Å²) < 4.78 is 37.4. The van der Waals surface area contributed by atoms with Crippen molar-refractivity contribution in [2.75, 3.05) is 23.4 Å². The van der Waals surface area contributed by atoms with Crippen molar-refractivity contribution in [2.45, 2.75) is 52.7 Å². The van der Waals surface area contributed by atoms with Gasteiger partial charge < -0.3 is 14.8 Å². The zero-order valence-electron chi connectivity index (χ0n) is 21.2. The Hall–Kier alpha value is -3.33. The first kappa shape index (κ1) is 25.8. The Morgan fingerprint density at radius 3 is 2.53 bits per heavy atom. The van der Waals surface area contributed by atoms with E-state index in [2.05, 4.69) is 12.2 Å². The molecule has 1 fully saturated rings. The third-order valence-corrected chi connectivity index (χ3v) is 7.84. The average molecular weight is 512 g/mol. The van der Waals surface area contributed by atoms with E-state index >= 15 is 0 Å². The molecular formula is C27H33N3O5S. The molecule has 1 N–H and O–H groups in total. The van der Waals surface area contributed by atoms with Crippen LogP contribution in [0.5, 0.6) is 11.5 Å². The normalized spacial score (nSPS) is 16.8. The van der Waals surface area contributed by atoms with Crippen molar-refractivity contribution in [1.82, 2.24) is 9.78 Å². The van der Waals surface area contributed by atoms with Crippen molar-refractivity contribution in [3.8, 4) is 22.8 Å². The smallest absolute Gasteiger partial charge is 0.263 e. The number of rotatable bonds is 9. The van der Waals surface area contributed by atoms with Crippen LogP contribution < -0.4 is 14.8 Å². The van der Waals surface area contributed by atoms with Gasteiger partial charge in [0.25, 0.3) is 5.91 Å². The number of benzene rings is 2. The molecule has 1 aliphatic rings. The molecule has 36 heavy (non-hydrogen) atoms. The van der Waals surface area contributed by atoms with E-state index in [1.807, 2.05) is 63.2 Å². The van der Waals surface area contributed by atoms with E-state index in [9.17, 15) is 13.2 Å². The molecule has 2 aromatic carbocycles. The van der Waals surface area contributed by atoms with Crippen LogP contribution in [0.25, 0.3) is 11.3 Å². The van der Waals surface area contributed by atoms with Gasteiger partial charge in [0.05, 0.1) is 29.3 Å². The second kappa shape index (κ2) is 10.7. The fourth-order valence-corrected chi connectivity index (χ4v) is 5.91. The SMILES string of the molecule is CCc1ccc(OCC(=O)Nc2cc(-c3ccc(OC(C)C)c(C)c3)nn2C2CCS(=O)(=O)C2)cc1. The Balaban J connectivity index is 1.55. The molecule has 3 aromatic rings. The number of hydrogen-bond acceptors (Lipinski definition) is 6. The van der Waals surface area contributed by atoms with Crippen LogP contribution in [-0.4, -0.2) is 48.3 Å². The van der Waals surface area contributed by atoms with Crippen LogP contribution in [-0.2, 0) is 21.1 Å². The molecule has 0 saturated carbocycles. The molecule has 1 atom stereocenters. The van der Waals surface area contributed by atoms with Crippen LogP contribution in [0.2, 0.25) is 0 Å². The summed E-state index contributed by atoms with van der Waals surface area (Å²) in [6.07, 6.45) is 1.44. The molecule has 1 aromatic heterocycles. The zero-order valence-corrected chi connectivity index (χ0v) is 22.0. The Bertz CT molecular complexity index is 1330. The number of sulfone groups is 1. The van der Waals surface area contributed by atoms with Gasteiger partial charge in [0.1, 0.15) is 17.3 Å². The highest BCUT2D eigenvalue weighted by molar-refractivity contribution is 7.91. The molecule has 192 valence electrons. The van der Waals surface area contributed by atoms with E-state index in [0.717, 1.165) is 23.3 Å². The summed E-state index contributed by atoms with van der Waals surface area (Å²) in [6.45, 7) is 7.82. The highest BCUT2D eigenvalue weighted by atomic mass is 32.2. The van der Waals surface area contributed by atoms with Crippen LogP contribution in [0.1, 0.15) is 44.4 Å². The lowest BCUT2D eigenvalue weighted by Gasteiger charge is -2.14. The third-order valence-electron chi connectivity index (χ3n) is 6.09. The number of carbonyl (C=O) groups is 1. The minimum atomic E-state index is -3.13. The van der Waals surface area contributed by atoms with Crippen molar-refractivity contribution in [3.05, 3.63) is 59.7 Å². The molecule has 0 spiro atoms. The van der Waals surface area contributed by atoms with Crippen LogP contribution >= 0.6 is 0 Å². The van der Waals surface area contributed by atoms with Gasteiger partial charge in [0, 0.05) is 11.6 Å². The van der Waals surface area contributed by atoms with E-state index in [4.69, 9.17) is 14.6 Å². The van der Waals surface area contributed by atoms with Gasteiger partial charge in [-0.2, -0.15) is 5.10 Å². The van der Waals surface area contributed by atoms with Crippen LogP contribution in [0.4, 0.5) is 5.82 Å². The lowest BCUT2D eigenvalue weighted by molar-refractivity contribution is -0.118. The van der Waals surface area contributed by atoms with E-state index in [-0.39, 0.29) is 36.2 Å². The number of carbonyl (C=O) groups excluding carboxylic acids is 1. The van der Waals surface area contributed by atoms with Gasteiger partial charge in [-0.05, 0) is 75.1 Å². The summed E-state index contributed by atoms with van der Waals surface area (Å²) in [5.41, 5.74) is 3.65. The van der Waals surface area contributed by atoms with Crippen molar-refractivity contribution in [3.63, 3.8) is 0 Å². The molecule has 9 heteroatoms. The summed E-state index contributed by atoms with van der Waals surface area (Å²) in [5.74, 6) is 1.61. The maximum atomic E-state index is 12.7. The van der Waals surface area contributed by atoms with Crippen LogP contribution in [0.3, 0.4) is 0 Å². The first-order chi connectivity index (χ1) is 17.1. The van der Waals surface area contributed by atoms with E-state index in [1.165, 1.54) is 5.56 Å². The van der Waals surface area contributed by atoms with Gasteiger partial charge in [0.2, 0.25) is 0 Å². The predicted octanol–water partition coefficient (Wildman–Crippen LogP) is 4.59. The second-order valence-electron chi connectivity index (χ2n) is 9.40. The summed E-state index contributed by atoms with van der Waals surface area (Å²) in [7, 11) is -3.13. The Morgan fingerprint density at radius 2 is 1.92 bits per heavy atom. The van der Waals surface area contributed by atoms with Crippen molar-refractivity contribution >= 4 is 21.6 Å². The van der Waals surface area contributed by atoms with Gasteiger partial charge in [-0.1, -0.05) is 19.1 Å². The standard InChI is InChI=1S/C27H33N3O5S/c1-5-20-6-9-23(10-7-20)34-16-27(31)28-26-15-24(29-30(26)22-12-13-36(32,33)17-22)21-8-11-25(19(4)14-21)35-18(2)3/h6-11,14-15,18,22H,5,12-13,16-17H2,1-4H3,(H,28,31). The molecule has 0 aliphatic carbocycles. The summed E-state index contributed by atoms with van der Waals surface area (Å²) >= 11 is 0. The first-order valence-corrected chi connectivity index (χ1v) is 14.0. The highest BCUT2D eigenvalue weighted by Crippen LogP contribution is 2.32. The second-order valence-corrected chi connectivity index (χ2v) is 11.6. The van der Waals surface area contributed by atoms with Gasteiger partial charge in [-0.3, -0.25) is 4.79 Å². The molecule has 0 bridgehead atoms. The zero-order chi connectivity index (χ0) is 25.9. The van der Waals surface area contributed by atoms with Gasteiger partial charge in [-0.15, -0.1) is 0 Å². The molecule has 2 heterocycles. The Labute approximate surface area is 212 Å². The van der Waals surface area contributed by atoms with Crippen LogP contribution in [0.15, 0.2) is 48.5 Å². The first-order valence-electron chi connectivity index (χ1n) is 12.2. The summed E-state index contributed by atoms with van der Waals surface area (Å²) in [6, 6.07) is 14.8. The summed E-state index contributed by atoms with van der Waals surface area (Å²) in [4.78, 5) is 12.7. The van der Waals surface area contributed by atoms with Gasteiger partial charge in [-0.25, -0.2) is 13.1 Å². The molecule has 0 radical (unpaired) electrons. The minimum absolute atomic E-state index is 0.00252. The maximum absolute atomic E-state index is 12.7. The number of hydrogen-bond donors (Lipinski definition) is 1. The van der Waals surface area contributed by atoms with Crippen molar-refractivity contribution < 1.29 is 22.7 Å². The fourth-order valence-electron chi connectivity index (χ4n) is 4.22. The monoisotopic (exact) mass is 511 g/mol. The number of aromatic nitrogens is 2. The quantitative estimate of drug-likeness (QED) is 0.451. The van der Waals surface area contributed by atoms with Gasteiger partial charge >= 0.3 is 0 Å². The van der Waals surface area contributed by atoms with Crippen molar-refractivity contribution in [2.24, 2.45) is 0 Å². The molecule has 1 aliphatic heterocycles. The lowest BCUT2D eigenvalue weighted by atomic mass is 10.1.